The summed E-state index contributed by atoms with van der Waals surface area (Å²) in [6.45, 7) is 5.10. The average Bonchev–Trinajstić information content (AvgIpc) is 2.47. The largest absolute Gasteiger partial charge is 0.481 e. The van der Waals surface area contributed by atoms with Crippen molar-refractivity contribution in [2.45, 2.75) is 26.3 Å². The van der Waals surface area contributed by atoms with Crippen LogP contribution in [0.15, 0.2) is 36.8 Å². The van der Waals surface area contributed by atoms with Crippen molar-refractivity contribution in [1.82, 2.24) is 15.3 Å². The maximum atomic E-state index is 5.09. The summed E-state index contributed by atoms with van der Waals surface area (Å²) < 4.78 is 5.09. The lowest BCUT2D eigenvalue weighted by Gasteiger charge is -2.18. The standard InChI is InChI=1S/C16H21N3O/c1-4-18-15(14-7-12(2)9-17-11-14)8-13-5-6-16(20-3)19-10-13/h5-7,9-11,15,18H,4,8H2,1-3H3. The molecule has 4 heteroatoms. The maximum Gasteiger partial charge on any atom is 0.212 e. The molecule has 0 aliphatic heterocycles. The van der Waals surface area contributed by atoms with Crippen molar-refractivity contribution in [1.29, 1.82) is 0 Å². The van der Waals surface area contributed by atoms with Crippen LogP contribution in [0.25, 0.3) is 0 Å². The predicted molar refractivity (Wildman–Crippen MR) is 79.9 cm³/mol. The number of pyridine rings is 2. The van der Waals surface area contributed by atoms with Gasteiger partial charge in [0.1, 0.15) is 0 Å². The minimum Gasteiger partial charge on any atom is -0.481 e. The number of rotatable bonds is 6. The third-order valence-electron chi connectivity index (χ3n) is 3.20. The van der Waals surface area contributed by atoms with E-state index in [4.69, 9.17) is 4.74 Å². The third kappa shape index (κ3) is 3.78. The second-order valence-corrected chi connectivity index (χ2v) is 4.82. The zero-order valence-corrected chi connectivity index (χ0v) is 12.3. The lowest BCUT2D eigenvalue weighted by molar-refractivity contribution is 0.397. The van der Waals surface area contributed by atoms with Crippen LogP contribution < -0.4 is 10.1 Å². The van der Waals surface area contributed by atoms with Crippen LogP contribution in [0, 0.1) is 6.92 Å². The first-order valence-corrected chi connectivity index (χ1v) is 6.86. The summed E-state index contributed by atoms with van der Waals surface area (Å²) in [6.07, 6.45) is 6.56. The van der Waals surface area contributed by atoms with Crippen LogP contribution in [0.2, 0.25) is 0 Å². The van der Waals surface area contributed by atoms with Crippen LogP contribution in [-0.4, -0.2) is 23.6 Å². The average molecular weight is 271 g/mol. The van der Waals surface area contributed by atoms with E-state index in [0.29, 0.717) is 5.88 Å². The first-order valence-electron chi connectivity index (χ1n) is 6.86. The molecule has 2 rings (SSSR count). The number of methoxy groups -OCH3 is 1. The molecule has 4 nitrogen and oxygen atoms in total. The van der Waals surface area contributed by atoms with Crippen LogP contribution in [0.5, 0.6) is 5.88 Å². The van der Waals surface area contributed by atoms with Crippen molar-refractivity contribution in [3.8, 4) is 5.88 Å². The maximum absolute atomic E-state index is 5.09. The smallest absolute Gasteiger partial charge is 0.212 e. The number of aromatic nitrogens is 2. The zero-order chi connectivity index (χ0) is 14.4. The minimum atomic E-state index is 0.252. The lowest BCUT2D eigenvalue weighted by atomic mass is 10.0. The summed E-state index contributed by atoms with van der Waals surface area (Å²) in [5, 5.41) is 3.50. The predicted octanol–water partition coefficient (Wildman–Crippen LogP) is 2.69. The van der Waals surface area contributed by atoms with Crippen molar-refractivity contribution in [2.24, 2.45) is 0 Å². The van der Waals surface area contributed by atoms with Gasteiger partial charge in [0, 0.05) is 30.7 Å². The van der Waals surface area contributed by atoms with E-state index in [9.17, 15) is 0 Å². The van der Waals surface area contributed by atoms with E-state index in [2.05, 4.69) is 41.3 Å². The van der Waals surface area contributed by atoms with Gasteiger partial charge in [0.15, 0.2) is 0 Å². The first kappa shape index (κ1) is 14.5. The molecule has 106 valence electrons. The van der Waals surface area contributed by atoms with E-state index >= 15 is 0 Å². The van der Waals surface area contributed by atoms with Crippen LogP contribution >= 0.6 is 0 Å². The van der Waals surface area contributed by atoms with Gasteiger partial charge in [-0.05, 0) is 36.6 Å². The molecule has 0 aromatic carbocycles. The summed E-state index contributed by atoms with van der Waals surface area (Å²) in [6, 6.07) is 6.38. The van der Waals surface area contributed by atoms with Gasteiger partial charge in [-0.2, -0.15) is 0 Å². The Labute approximate surface area is 120 Å². The van der Waals surface area contributed by atoms with E-state index < -0.39 is 0 Å². The van der Waals surface area contributed by atoms with Crippen molar-refractivity contribution < 1.29 is 4.74 Å². The molecule has 0 fully saturated rings. The van der Waals surface area contributed by atoms with Gasteiger partial charge in [0.25, 0.3) is 0 Å². The Bertz CT molecular complexity index is 540. The van der Waals surface area contributed by atoms with E-state index in [1.807, 2.05) is 24.7 Å². The number of hydrogen-bond acceptors (Lipinski definition) is 4. The summed E-state index contributed by atoms with van der Waals surface area (Å²) in [4.78, 5) is 8.54. The van der Waals surface area contributed by atoms with Gasteiger partial charge in [0.05, 0.1) is 7.11 Å². The van der Waals surface area contributed by atoms with Crippen molar-refractivity contribution >= 4 is 0 Å². The molecule has 1 unspecified atom stereocenters. The number of aryl methyl sites for hydroxylation is 1. The van der Waals surface area contributed by atoms with Crippen LogP contribution in [0.1, 0.15) is 29.7 Å². The van der Waals surface area contributed by atoms with Gasteiger partial charge in [-0.3, -0.25) is 4.98 Å². The second-order valence-electron chi connectivity index (χ2n) is 4.82. The summed E-state index contributed by atoms with van der Waals surface area (Å²) >= 11 is 0. The molecule has 2 aromatic rings. The second kappa shape index (κ2) is 7.01. The van der Waals surface area contributed by atoms with E-state index in [-0.39, 0.29) is 6.04 Å². The van der Waals surface area contributed by atoms with E-state index in [0.717, 1.165) is 13.0 Å². The topological polar surface area (TPSA) is 47.0 Å². The Kier molecular flexibility index (Phi) is 5.07. The number of nitrogens with zero attached hydrogens (tertiary/aromatic N) is 2. The van der Waals surface area contributed by atoms with Crippen LogP contribution in [0.4, 0.5) is 0 Å². The van der Waals surface area contributed by atoms with Gasteiger partial charge in [0.2, 0.25) is 5.88 Å². The Morgan fingerprint density at radius 1 is 1.25 bits per heavy atom. The van der Waals surface area contributed by atoms with Gasteiger partial charge >= 0.3 is 0 Å². The molecule has 0 spiro atoms. The molecule has 0 amide bonds. The quantitative estimate of drug-likeness (QED) is 0.877. The first-order chi connectivity index (χ1) is 9.72. The Morgan fingerprint density at radius 3 is 2.70 bits per heavy atom. The SMILES string of the molecule is CCNC(Cc1ccc(OC)nc1)c1cncc(C)c1. The zero-order valence-electron chi connectivity index (χ0n) is 12.3. The molecule has 0 aliphatic rings. The Hall–Kier alpha value is -1.94. The van der Waals surface area contributed by atoms with Gasteiger partial charge in [-0.1, -0.05) is 19.1 Å². The molecule has 0 aliphatic carbocycles. The highest BCUT2D eigenvalue weighted by Gasteiger charge is 2.12. The molecular weight excluding hydrogens is 250 g/mol. The molecule has 0 bridgehead atoms. The lowest BCUT2D eigenvalue weighted by Crippen LogP contribution is -2.23. The number of hydrogen-bond donors (Lipinski definition) is 1. The van der Waals surface area contributed by atoms with Crippen LogP contribution in [0.3, 0.4) is 0 Å². The normalized spacial score (nSPS) is 12.2. The summed E-state index contributed by atoms with van der Waals surface area (Å²) in [7, 11) is 1.63. The molecule has 0 saturated carbocycles. The Balaban J connectivity index is 2.16. The molecule has 2 heterocycles. The fourth-order valence-corrected chi connectivity index (χ4v) is 2.21. The highest BCUT2D eigenvalue weighted by molar-refractivity contribution is 5.24. The highest BCUT2D eigenvalue weighted by atomic mass is 16.5. The number of nitrogens with one attached hydrogen (secondary N) is 1. The fourth-order valence-electron chi connectivity index (χ4n) is 2.21. The number of likely N-dealkylation sites (N-methyl/N-ethyl adjacent to an activating group) is 1. The Morgan fingerprint density at radius 2 is 2.10 bits per heavy atom. The summed E-state index contributed by atoms with van der Waals surface area (Å²) in [5.74, 6) is 0.644. The molecule has 0 saturated heterocycles. The van der Waals surface area contributed by atoms with Crippen molar-refractivity contribution in [3.63, 3.8) is 0 Å². The van der Waals surface area contributed by atoms with Crippen molar-refractivity contribution in [2.75, 3.05) is 13.7 Å². The van der Waals surface area contributed by atoms with Crippen LogP contribution in [-0.2, 0) is 6.42 Å². The fraction of sp³-hybridized carbons (Fsp3) is 0.375. The minimum absolute atomic E-state index is 0.252. The third-order valence-corrected chi connectivity index (χ3v) is 3.20. The number of ether oxygens (including phenoxy) is 1. The van der Waals surface area contributed by atoms with Crippen molar-refractivity contribution in [3.05, 3.63) is 53.5 Å². The molecule has 0 radical (unpaired) electrons. The van der Waals surface area contributed by atoms with E-state index in [1.54, 1.807) is 7.11 Å². The molecular formula is C16H21N3O. The van der Waals surface area contributed by atoms with Gasteiger partial charge in [-0.25, -0.2) is 4.98 Å². The highest BCUT2D eigenvalue weighted by Crippen LogP contribution is 2.19. The summed E-state index contributed by atoms with van der Waals surface area (Å²) in [5.41, 5.74) is 3.57. The molecule has 20 heavy (non-hydrogen) atoms. The van der Waals surface area contributed by atoms with Gasteiger partial charge < -0.3 is 10.1 Å². The van der Waals surface area contributed by atoms with E-state index in [1.165, 1.54) is 16.7 Å². The monoisotopic (exact) mass is 271 g/mol. The van der Waals surface area contributed by atoms with Gasteiger partial charge in [-0.15, -0.1) is 0 Å². The molecule has 2 aromatic heterocycles. The molecule has 1 atom stereocenters. The molecule has 1 N–H and O–H groups in total.